The third-order valence-electron chi connectivity index (χ3n) is 5.68. The van der Waals surface area contributed by atoms with Crippen LogP contribution >= 0.6 is 0 Å². The molecule has 4 rings (SSSR count). The van der Waals surface area contributed by atoms with Crippen LogP contribution in [0.1, 0.15) is 45.4 Å². The van der Waals surface area contributed by atoms with Crippen LogP contribution in [-0.4, -0.2) is 59.5 Å². The Morgan fingerprint density at radius 2 is 2.03 bits per heavy atom. The Balaban J connectivity index is 1.49. The predicted octanol–water partition coefficient (Wildman–Crippen LogP) is 1.34. The van der Waals surface area contributed by atoms with Gasteiger partial charge in [-0.1, -0.05) is 24.6 Å². The van der Waals surface area contributed by atoms with Crippen LogP contribution in [0.5, 0.6) is 0 Å². The van der Waals surface area contributed by atoms with Gasteiger partial charge in [0.25, 0.3) is 5.91 Å². The first-order chi connectivity index (χ1) is 13.9. The second-order valence-electron chi connectivity index (χ2n) is 8.05. The fourth-order valence-electron chi connectivity index (χ4n) is 4.11. The van der Waals surface area contributed by atoms with Crippen molar-refractivity contribution in [2.24, 2.45) is 5.92 Å². The van der Waals surface area contributed by atoms with Gasteiger partial charge in [-0.3, -0.25) is 4.79 Å². The van der Waals surface area contributed by atoms with E-state index in [1.165, 1.54) is 10.4 Å². The van der Waals surface area contributed by atoms with Crippen LogP contribution in [0, 0.1) is 5.92 Å². The summed E-state index contributed by atoms with van der Waals surface area (Å²) in [6, 6.07) is 4.88. The maximum atomic E-state index is 13.0. The number of nitrogens with zero attached hydrogens (tertiary/aromatic N) is 4. The van der Waals surface area contributed by atoms with E-state index in [9.17, 15) is 13.2 Å². The molecule has 1 aliphatic carbocycles. The van der Waals surface area contributed by atoms with Gasteiger partial charge in [-0.2, -0.15) is 4.31 Å². The maximum Gasteiger partial charge on any atom is 0.260 e. The zero-order valence-corrected chi connectivity index (χ0v) is 17.4. The summed E-state index contributed by atoms with van der Waals surface area (Å²) in [5.41, 5.74) is 0.928. The van der Waals surface area contributed by atoms with E-state index in [2.05, 4.69) is 22.6 Å². The highest BCUT2D eigenvalue weighted by atomic mass is 32.2. The van der Waals surface area contributed by atoms with Crippen molar-refractivity contribution in [2.45, 2.75) is 56.4 Å². The summed E-state index contributed by atoms with van der Waals surface area (Å²) in [4.78, 5) is 18.9. The fraction of sp³-hybridized carbons (Fsp3) is 0.632. The fourth-order valence-corrected chi connectivity index (χ4v) is 5.73. The van der Waals surface area contributed by atoms with Gasteiger partial charge in [-0.15, -0.1) is 5.10 Å². The smallest absolute Gasteiger partial charge is 0.260 e. The first-order valence-electron chi connectivity index (χ1n) is 10.2. The summed E-state index contributed by atoms with van der Waals surface area (Å²) in [7, 11) is -3.60. The van der Waals surface area contributed by atoms with Gasteiger partial charge < -0.3 is 10.2 Å². The number of piperidine rings is 1. The molecule has 0 bridgehead atoms. The number of carbonyl (C=O) groups is 1. The van der Waals surface area contributed by atoms with Gasteiger partial charge in [0.2, 0.25) is 10.0 Å². The minimum absolute atomic E-state index is 0.182. The van der Waals surface area contributed by atoms with Crippen LogP contribution in [0.3, 0.4) is 0 Å². The highest BCUT2D eigenvalue weighted by molar-refractivity contribution is 7.89. The van der Waals surface area contributed by atoms with E-state index in [4.69, 9.17) is 4.84 Å². The monoisotopic (exact) mass is 421 g/mol. The molecule has 1 aromatic carbocycles. The van der Waals surface area contributed by atoms with Crippen LogP contribution in [0.4, 0.5) is 0 Å². The summed E-state index contributed by atoms with van der Waals surface area (Å²) in [6.07, 6.45) is 6.15. The summed E-state index contributed by atoms with van der Waals surface area (Å²) in [5.74, 6) is 0.128. The number of aromatic nitrogens is 3. The lowest BCUT2D eigenvalue weighted by atomic mass is 10.0. The summed E-state index contributed by atoms with van der Waals surface area (Å²) < 4.78 is 27.6. The first kappa shape index (κ1) is 20.1. The number of hydrogen-bond acceptors (Lipinski definition) is 6. The van der Waals surface area contributed by atoms with E-state index in [1.807, 2.05) is 0 Å². The largest absolute Gasteiger partial charge is 0.385 e. The van der Waals surface area contributed by atoms with E-state index < -0.39 is 10.0 Å². The Kier molecular flexibility index (Phi) is 5.73. The first-order valence-corrected chi connectivity index (χ1v) is 11.7. The molecule has 1 aromatic heterocycles. The number of carbonyl (C=O) groups excluding carboxylic acids is 1. The third-order valence-corrected chi connectivity index (χ3v) is 7.54. The molecule has 2 fully saturated rings. The molecule has 1 saturated heterocycles. The van der Waals surface area contributed by atoms with Crippen molar-refractivity contribution < 1.29 is 18.0 Å². The Labute approximate surface area is 170 Å². The molecule has 10 heteroatoms. The number of hydrogen-bond donors (Lipinski definition) is 1. The highest BCUT2D eigenvalue weighted by Crippen LogP contribution is 2.25. The molecule has 1 unspecified atom stereocenters. The van der Waals surface area contributed by atoms with Gasteiger partial charge in [0.1, 0.15) is 11.0 Å². The minimum atomic E-state index is -3.60. The summed E-state index contributed by atoms with van der Waals surface area (Å²) in [5, 5.41) is 10.8. The molecule has 29 heavy (non-hydrogen) atoms. The number of benzene rings is 1. The standard InChI is InChI=1S/C19H27N5O4S/c1-14-5-4-10-23(12-14)29(26,27)16-8-9-17-18(11-16)24(22-21-17)28-13-19(25)20-15-6-2-3-7-15/h8-9,11,14-15H,2-7,10,12-13H2,1H3,(H,20,25). The van der Waals surface area contributed by atoms with Crippen LogP contribution < -0.4 is 10.2 Å². The Morgan fingerprint density at radius 3 is 2.79 bits per heavy atom. The normalized spacial score (nSPS) is 21.5. The molecule has 158 valence electrons. The predicted molar refractivity (Wildman–Crippen MR) is 107 cm³/mol. The van der Waals surface area contributed by atoms with E-state index in [1.54, 1.807) is 12.1 Å². The highest BCUT2D eigenvalue weighted by Gasteiger charge is 2.29. The second-order valence-corrected chi connectivity index (χ2v) is 9.98. The number of sulfonamides is 1. The molecule has 1 saturated carbocycles. The van der Waals surface area contributed by atoms with Crippen molar-refractivity contribution in [3.05, 3.63) is 18.2 Å². The summed E-state index contributed by atoms with van der Waals surface area (Å²) >= 11 is 0. The average Bonchev–Trinajstić information content (AvgIpc) is 3.35. The van der Waals surface area contributed by atoms with Crippen molar-refractivity contribution in [1.29, 1.82) is 0 Å². The molecule has 0 radical (unpaired) electrons. The molecule has 2 aromatic rings. The third kappa shape index (κ3) is 4.37. The van der Waals surface area contributed by atoms with Gasteiger partial charge in [0, 0.05) is 19.1 Å². The second kappa shape index (κ2) is 8.27. The quantitative estimate of drug-likeness (QED) is 0.754. The lowest BCUT2D eigenvalue weighted by molar-refractivity contribution is -0.127. The van der Waals surface area contributed by atoms with Gasteiger partial charge in [-0.05, 0) is 55.0 Å². The molecule has 1 atom stereocenters. The number of nitrogens with one attached hydrogen (secondary N) is 1. The lowest BCUT2D eigenvalue weighted by Crippen LogP contribution is -2.39. The molecule has 2 aliphatic rings. The molecule has 0 spiro atoms. The molecule has 1 aliphatic heterocycles. The lowest BCUT2D eigenvalue weighted by Gasteiger charge is -2.30. The van der Waals surface area contributed by atoms with Gasteiger partial charge in [0.15, 0.2) is 6.61 Å². The SMILES string of the molecule is CC1CCCN(S(=O)(=O)c2ccc3nnn(OCC(=O)NC4CCCC4)c3c2)C1. The zero-order chi connectivity index (χ0) is 20.4. The van der Waals surface area contributed by atoms with Crippen molar-refractivity contribution in [3.8, 4) is 0 Å². The Morgan fingerprint density at radius 1 is 1.24 bits per heavy atom. The van der Waals surface area contributed by atoms with E-state index in [0.29, 0.717) is 30.0 Å². The van der Waals surface area contributed by atoms with Crippen molar-refractivity contribution in [2.75, 3.05) is 19.7 Å². The minimum Gasteiger partial charge on any atom is -0.385 e. The molecule has 9 nitrogen and oxygen atoms in total. The molecule has 1 N–H and O–H groups in total. The topological polar surface area (TPSA) is 106 Å². The zero-order valence-electron chi connectivity index (χ0n) is 16.6. The van der Waals surface area contributed by atoms with Gasteiger partial charge in [0.05, 0.1) is 4.90 Å². The van der Waals surface area contributed by atoms with Gasteiger partial charge >= 0.3 is 0 Å². The Bertz CT molecular complexity index is 984. The van der Waals surface area contributed by atoms with Crippen LogP contribution in [-0.2, 0) is 14.8 Å². The van der Waals surface area contributed by atoms with Crippen molar-refractivity contribution in [3.63, 3.8) is 0 Å². The number of fused-ring (bicyclic) bond motifs is 1. The van der Waals surface area contributed by atoms with Crippen LogP contribution in [0.25, 0.3) is 11.0 Å². The molecule has 1 amide bonds. The maximum absolute atomic E-state index is 13.0. The summed E-state index contributed by atoms with van der Waals surface area (Å²) in [6.45, 7) is 2.92. The van der Waals surface area contributed by atoms with Crippen LogP contribution in [0.15, 0.2) is 23.1 Å². The van der Waals surface area contributed by atoms with Gasteiger partial charge in [-0.25, -0.2) is 8.42 Å². The number of rotatable bonds is 6. The average molecular weight is 422 g/mol. The van der Waals surface area contributed by atoms with Crippen molar-refractivity contribution in [1.82, 2.24) is 24.8 Å². The Hall–Kier alpha value is -2.20. The van der Waals surface area contributed by atoms with Crippen molar-refractivity contribution >= 4 is 27.0 Å². The molecular formula is C19H27N5O4S. The molecular weight excluding hydrogens is 394 g/mol. The van der Waals surface area contributed by atoms with E-state index >= 15 is 0 Å². The molecule has 2 heterocycles. The van der Waals surface area contributed by atoms with Crippen LogP contribution in [0.2, 0.25) is 0 Å². The number of amides is 1. The van der Waals surface area contributed by atoms with E-state index in [-0.39, 0.29) is 23.5 Å². The van der Waals surface area contributed by atoms with E-state index in [0.717, 1.165) is 43.4 Å².